The number of amides is 1. The number of carbonyl (C=O) groups is 2. The van der Waals surface area contributed by atoms with E-state index in [1.807, 2.05) is 21.0 Å². The highest BCUT2D eigenvalue weighted by Crippen LogP contribution is 2.26. The largest absolute Gasteiger partial charge is 0.477 e. The van der Waals surface area contributed by atoms with Crippen molar-refractivity contribution in [1.82, 2.24) is 15.0 Å². The van der Waals surface area contributed by atoms with Crippen molar-refractivity contribution < 1.29 is 14.7 Å². The van der Waals surface area contributed by atoms with Gasteiger partial charge in [0, 0.05) is 37.1 Å². The first kappa shape index (κ1) is 18.0. The molecule has 7 nitrogen and oxygen atoms in total. The third kappa shape index (κ3) is 3.42. The Bertz CT molecular complexity index is 752. The summed E-state index contributed by atoms with van der Waals surface area (Å²) in [4.78, 5) is 27.1. The molecule has 24 heavy (non-hydrogen) atoms. The third-order valence-electron chi connectivity index (χ3n) is 4.01. The molecule has 0 bridgehead atoms. The number of aryl methyl sites for hydroxylation is 1. The maximum atomic E-state index is 12.7. The molecule has 130 valence electrons. The summed E-state index contributed by atoms with van der Waals surface area (Å²) in [6.45, 7) is 2.94. The number of hydrazine groups is 1. The SMILES string of the molecule is CCN(C(=O)c1ccc2[nH]c(C(=O)O)c(CCCN)c2c1)N(C)C. The topological polar surface area (TPSA) is 103 Å². The molecule has 1 heterocycles. The van der Waals surface area contributed by atoms with Crippen LogP contribution in [0.25, 0.3) is 10.9 Å². The van der Waals surface area contributed by atoms with E-state index in [0.29, 0.717) is 42.6 Å². The van der Waals surface area contributed by atoms with E-state index in [2.05, 4.69) is 4.98 Å². The highest BCUT2D eigenvalue weighted by molar-refractivity contribution is 6.02. The molecule has 0 atom stereocenters. The fraction of sp³-hybridized carbons (Fsp3) is 0.412. The average Bonchev–Trinajstić information content (AvgIpc) is 2.91. The zero-order valence-electron chi connectivity index (χ0n) is 14.3. The van der Waals surface area contributed by atoms with Gasteiger partial charge in [0.05, 0.1) is 0 Å². The van der Waals surface area contributed by atoms with Crippen molar-refractivity contribution in [2.24, 2.45) is 5.73 Å². The van der Waals surface area contributed by atoms with E-state index in [0.717, 1.165) is 5.39 Å². The molecular formula is C17H24N4O3. The number of carboxylic acid groups (broad SMARTS) is 1. The second kappa shape index (κ2) is 7.46. The van der Waals surface area contributed by atoms with Gasteiger partial charge in [-0.1, -0.05) is 0 Å². The molecule has 2 aromatic rings. The first-order valence-electron chi connectivity index (χ1n) is 7.97. The predicted molar refractivity (Wildman–Crippen MR) is 93.0 cm³/mol. The van der Waals surface area contributed by atoms with Crippen molar-refractivity contribution in [2.75, 3.05) is 27.2 Å². The molecule has 0 aliphatic heterocycles. The minimum atomic E-state index is -1.01. The Hall–Kier alpha value is -2.38. The number of fused-ring (bicyclic) bond motifs is 1. The van der Waals surface area contributed by atoms with Crippen molar-refractivity contribution in [3.63, 3.8) is 0 Å². The number of aromatic amines is 1. The minimum Gasteiger partial charge on any atom is -0.477 e. The monoisotopic (exact) mass is 332 g/mol. The molecule has 0 aliphatic rings. The molecule has 0 saturated carbocycles. The van der Waals surface area contributed by atoms with Gasteiger partial charge in [0.1, 0.15) is 5.69 Å². The van der Waals surface area contributed by atoms with Crippen molar-refractivity contribution in [3.8, 4) is 0 Å². The van der Waals surface area contributed by atoms with E-state index < -0.39 is 5.97 Å². The Morgan fingerprint density at radius 3 is 2.54 bits per heavy atom. The molecular weight excluding hydrogens is 308 g/mol. The van der Waals surface area contributed by atoms with Crippen LogP contribution < -0.4 is 5.73 Å². The Morgan fingerprint density at radius 2 is 2.00 bits per heavy atom. The van der Waals surface area contributed by atoms with Crippen LogP contribution in [0.15, 0.2) is 18.2 Å². The molecule has 7 heteroatoms. The van der Waals surface area contributed by atoms with Crippen LogP contribution in [-0.4, -0.2) is 59.2 Å². The van der Waals surface area contributed by atoms with Crippen molar-refractivity contribution >= 4 is 22.8 Å². The first-order chi connectivity index (χ1) is 11.4. The number of nitrogens with one attached hydrogen (secondary N) is 1. The van der Waals surface area contributed by atoms with Crippen molar-refractivity contribution in [2.45, 2.75) is 19.8 Å². The smallest absolute Gasteiger partial charge is 0.352 e. The fourth-order valence-electron chi connectivity index (χ4n) is 2.86. The van der Waals surface area contributed by atoms with E-state index in [1.165, 1.54) is 0 Å². The lowest BCUT2D eigenvalue weighted by Crippen LogP contribution is -2.41. The quantitative estimate of drug-likeness (QED) is 0.670. The van der Waals surface area contributed by atoms with Crippen LogP contribution in [0.1, 0.15) is 39.8 Å². The van der Waals surface area contributed by atoms with Crippen molar-refractivity contribution in [3.05, 3.63) is 35.0 Å². The van der Waals surface area contributed by atoms with Crippen LogP contribution in [0.4, 0.5) is 0 Å². The van der Waals surface area contributed by atoms with Gasteiger partial charge in [-0.25, -0.2) is 9.80 Å². The van der Waals surface area contributed by atoms with Crippen LogP contribution in [0.2, 0.25) is 0 Å². The number of aromatic carboxylic acids is 1. The van der Waals surface area contributed by atoms with Gasteiger partial charge in [0.25, 0.3) is 5.91 Å². The molecule has 4 N–H and O–H groups in total. The van der Waals surface area contributed by atoms with Gasteiger partial charge in [-0.2, -0.15) is 0 Å². The lowest BCUT2D eigenvalue weighted by molar-refractivity contribution is 0.0230. The molecule has 1 aromatic carbocycles. The summed E-state index contributed by atoms with van der Waals surface area (Å²) < 4.78 is 0. The number of rotatable bonds is 7. The summed E-state index contributed by atoms with van der Waals surface area (Å²) in [5.74, 6) is -1.12. The Balaban J connectivity index is 2.52. The molecule has 0 fully saturated rings. The maximum Gasteiger partial charge on any atom is 0.352 e. The molecule has 0 spiro atoms. The number of nitrogens with zero attached hydrogens (tertiary/aromatic N) is 2. The number of carbonyl (C=O) groups excluding carboxylic acids is 1. The minimum absolute atomic E-state index is 0.118. The Kier molecular flexibility index (Phi) is 5.58. The lowest BCUT2D eigenvalue weighted by Gasteiger charge is -2.27. The number of carboxylic acids is 1. The molecule has 0 unspecified atom stereocenters. The molecule has 1 aromatic heterocycles. The number of nitrogens with two attached hydrogens (primary N) is 1. The highest BCUT2D eigenvalue weighted by Gasteiger charge is 2.20. The van der Waals surface area contributed by atoms with Gasteiger partial charge in [-0.3, -0.25) is 9.80 Å². The van der Waals surface area contributed by atoms with Gasteiger partial charge < -0.3 is 15.8 Å². The van der Waals surface area contributed by atoms with E-state index in [9.17, 15) is 14.7 Å². The number of hydrogen-bond acceptors (Lipinski definition) is 4. The molecule has 0 saturated heterocycles. The number of hydrogen-bond donors (Lipinski definition) is 3. The molecule has 1 amide bonds. The number of H-pyrrole nitrogens is 1. The molecule has 0 aliphatic carbocycles. The van der Waals surface area contributed by atoms with Gasteiger partial charge in [-0.05, 0) is 50.1 Å². The van der Waals surface area contributed by atoms with Gasteiger partial charge in [0.2, 0.25) is 0 Å². The Labute approximate surface area is 141 Å². The average molecular weight is 332 g/mol. The predicted octanol–water partition coefficient (Wildman–Crippen LogP) is 1.70. The summed E-state index contributed by atoms with van der Waals surface area (Å²) in [5.41, 5.74) is 7.67. The Morgan fingerprint density at radius 1 is 1.29 bits per heavy atom. The summed E-state index contributed by atoms with van der Waals surface area (Å²) in [6.07, 6.45) is 1.24. The van der Waals surface area contributed by atoms with E-state index >= 15 is 0 Å². The first-order valence-corrected chi connectivity index (χ1v) is 7.97. The van der Waals surface area contributed by atoms with Crippen LogP contribution in [-0.2, 0) is 6.42 Å². The molecule has 0 radical (unpaired) electrons. The van der Waals surface area contributed by atoms with Gasteiger partial charge >= 0.3 is 5.97 Å². The second-order valence-corrected chi connectivity index (χ2v) is 5.80. The van der Waals surface area contributed by atoms with E-state index in [4.69, 9.17) is 5.73 Å². The number of benzene rings is 1. The zero-order chi connectivity index (χ0) is 17.9. The van der Waals surface area contributed by atoms with E-state index in [-0.39, 0.29) is 11.6 Å². The van der Waals surface area contributed by atoms with Crippen LogP contribution in [0.5, 0.6) is 0 Å². The zero-order valence-corrected chi connectivity index (χ0v) is 14.3. The summed E-state index contributed by atoms with van der Waals surface area (Å²) >= 11 is 0. The summed E-state index contributed by atoms with van der Waals surface area (Å²) in [5, 5.41) is 13.5. The van der Waals surface area contributed by atoms with E-state index in [1.54, 1.807) is 28.2 Å². The van der Waals surface area contributed by atoms with Gasteiger partial charge in [0.15, 0.2) is 0 Å². The van der Waals surface area contributed by atoms with Gasteiger partial charge in [-0.15, -0.1) is 0 Å². The molecule has 2 rings (SSSR count). The lowest BCUT2D eigenvalue weighted by atomic mass is 10.0. The second-order valence-electron chi connectivity index (χ2n) is 5.80. The van der Waals surface area contributed by atoms with Crippen LogP contribution in [0, 0.1) is 0 Å². The van der Waals surface area contributed by atoms with Crippen LogP contribution >= 0.6 is 0 Å². The van der Waals surface area contributed by atoms with Crippen LogP contribution in [0.3, 0.4) is 0 Å². The summed E-state index contributed by atoms with van der Waals surface area (Å²) in [7, 11) is 3.62. The van der Waals surface area contributed by atoms with Crippen molar-refractivity contribution in [1.29, 1.82) is 0 Å². The summed E-state index contributed by atoms with van der Waals surface area (Å²) in [6, 6.07) is 5.23. The standard InChI is InChI=1S/C17H24N4O3/c1-4-21(20(2)3)16(22)11-7-8-14-13(10-11)12(6-5-9-18)15(19-14)17(23)24/h7-8,10,19H,4-6,9,18H2,1-3H3,(H,23,24). The highest BCUT2D eigenvalue weighted by atomic mass is 16.4. The normalized spacial score (nSPS) is 11.2. The third-order valence-corrected chi connectivity index (χ3v) is 4.01. The maximum absolute atomic E-state index is 12.7. The number of aromatic nitrogens is 1. The fourth-order valence-corrected chi connectivity index (χ4v) is 2.86.